The van der Waals surface area contributed by atoms with E-state index in [1.54, 1.807) is 0 Å². The fourth-order valence-corrected chi connectivity index (χ4v) is 3.77. The SMILES string of the molecule is CNS(=O)(=O)C1CCCC=C1N1CCOCC1. The van der Waals surface area contributed by atoms with Gasteiger partial charge in [0, 0.05) is 18.8 Å². The van der Waals surface area contributed by atoms with Gasteiger partial charge in [0.1, 0.15) is 5.25 Å². The first kappa shape index (κ1) is 12.9. The van der Waals surface area contributed by atoms with Crippen LogP contribution in [0, 0.1) is 0 Å². The summed E-state index contributed by atoms with van der Waals surface area (Å²) < 4.78 is 31.8. The quantitative estimate of drug-likeness (QED) is 0.793. The number of allylic oxidation sites excluding steroid dienone is 1. The van der Waals surface area contributed by atoms with Crippen LogP contribution in [0.1, 0.15) is 19.3 Å². The van der Waals surface area contributed by atoms with Gasteiger partial charge in [-0.3, -0.25) is 0 Å². The van der Waals surface area contributed by atoms with Gasteiger partial charge in [0.2, 0.25) is 10.0 Å². The molecule has 0 aromatic carbocycles. The van der Waals surface area contributed by atoms with Crippen molar-refractivity contribution in [2.75, 3.05) is 33.4 Å². The van der Waals surface area contributed by atoms with E-state index < -0.39 is 10.0 Å². The highest BCUT2D eigenvalue weighted by Crippen LogP contribution is 2.27. The molecule has 1 aliphatic carbocycles. The fraction of sp³-hybridized carbons (Fsp3) is 0.818. The molecule has 0 aromatic rings. The predicted octanol–water partition coefficient (Wildman–Crippen LogP) is 0.304. The molecule has 98 valence electrons. The Hall–Kier alpha value is -0.590. The van der Waals surface area contributed by atoms with Crippen LogP contribution < -0.4 is 4.72 Å². The molecule has 2 rings (SSSR count). The van der Waals surface area contributed by atoms with Crippen molar-refractivity contribution < 1.29 is 13.2 Å². The first-order valence-corrected chi connectivity index (χ1v) is 7.65. The smallest absolute Gasteiger partial charge is 0.219 e. The monoisotopic (exact) mass is 260 g/mol. The van der Waals surface area contributed by atoms with Crippen LogP contribution in [0.2, 0.25) is 0 Å². The number of morpholine rings is 1. The minimum absolute atomic E-state index is 0.389. The molecule has 1 heterocycles. The van der Waals surface area contributed by atoms with Crippen molar-refractivity contribution in [2.45, 2.75) is 24.5 Å². The second-order valence-corrected chi connectivity index (χ2v) is 6.46. The van der Waals surface area contributed by atoms with Crippen LogP contribution in [0.4, 0.5) is 0 Å². The van der Waals surface area contributed by atoms with Crippen molar-refractivity contribution in [2.24, 2.45) is 0 Å². The molecule has 0 saturated carbocycles. The molecular formula is C11H20N2O3S. The van der Waals surface area contributed by atoms with Crippen LogP contribution in [0.5, 0.6) is 0 Å². The van der Waals surface area contributed by atoms with Gasteiger partial charge in [-0.15, -0.1) is 0 Å². The second-order valence-electron chi connectivity index (χ2n) is 4.40. The van der Waals surface area contributed by atoms with E-state index in [1.807, 2.05) is 0 Å². The lowest BCUT2D eigenvalue weighted by molar-refractivity contribution is 0.0515. The highest BCUT2D eigenvalue weighted by Gasteiger charge is 2.32. The van der Waals surface area contributed by atoms with Crippen molar-refractivity contribution in [1.29, 1.82) is 0 Å². The molecule has 5 nitrogen and oxygen atoms in total. The normalized spacial score (nSPS) is 26.8. The summed E-state index contributed by atoms with van der Waals surface area (Å²) in [6.45, 7) is 2.95. The minimum Gasteiger partial charge on any atom is -0.378 e. The number of hydrogen-bond acceptors (Lipinski definition) is 4. The van der Waals surface area contributed by atoms with Gasteiger partial charge in [0.05, 0.1) is 13.2 Å². The van der Waals surface area contributed by atoms with Gasteiger partial charge in [-0.2, -0.15) is 0 Å². The Morgan fingerprint density at radius 2 is 2.12 bits per heavy atom. The number of ether oxygens (including phenoxy) is 1. The number of nitrogens with zero attached hydrogens (tertiary/aromatic N) is 1. The molecule has 17 heavy (non-hydrogen) atoms. The lowest BCUT2D eigenvalue weighted by Gasteiger charge is -2.36. The number of nitrogens with one attached hydrogen (secondary N) is 1. The van der Waals surface area contributed by atoms with E-state index in [-0.39, 0.29) is 5.25 Å². The van der Waals surface area contributed by atoms with E-state index in [0.717, 1.165) is 31.6 Å². The molecule has 1 aliphatic heterocycles. The standard InChI is InChI=1S/C11H20N2O3S/c1-12-17(14,15)11-5-3-2-4-10(11)13-6-8-16-9-7-13/h4,11-12H,2-3,5-9H2,1H3. The Kier molecular flexibility index (Phi) is 4.06. The molecule has 0 bridgehead atoms. The van der Waals surface area contributed by atoms with Gasteiger partial charge in [-0.25, -0.2) is 13.1 Å². The summed E-state index contributed by atoms with van der Waals surface area (Å²) in [5.41, 5.74) is 0.967. The Morgan fingerprint density at radius 1 is 1.41 bits per heavy atom. The molecular weight excluding hydrogens is 240 g/mol. The molecule has 1 N–H and O–H groups in total. The molecule has 6 heteroatoms. The van der Waals surface area contributed by atoms with E-state index in [9.17, 15) is 8.42 Å². The lowest BCUT2D eigenvalue weighted by Crippen LogP contribution is -2.44. The summed E-state index contributed by atoms with van der Waals surface area (Å²) in [7, 11) is -1.73. The van der Waals surface area contributed by atoms with E-state index in [0.29, 0.717) is 19.6 Å². The Morgan fingerprint density at radius 3 is 2.76 bits per heavy atom. The first-order valence-electron chi connectivity index (χ1n) is 6.10. The third-order valence-electron chi connectivity index (χ3n) is 3.39. The zero-order chi connectivity index (χ0) is 12.3. The van der Waals surface area contributed by atoms with Crippen molar-refractivity contribution in [1.82, 2.24) is 9.62 Å². The Labute approximate surface area is 103 Å². The number of rotatable bonds is 3. The van der Waals surface area contributed by atoms with Gasteiger partial charge in [0.15, 0.2) is 0 Å². The zero-order valence-corrected chi connectivity index (χ0v) is 11.0. The van der Waals surface area contributed by atoms with Crippen LogP contribution in [0.25, 0.3) is 0 Å². The van der Waals surface area contributed by atoms with E-state index in [2.05, 4.69) is 15.7 Å². The maximum atomic E-state index is 12.0. The lowest BCUT2D eigenvalue weighted by atomic mass is 10.0. The first-order chi connectivity index (χ1) is 8.15. The van der Waals surface area contributed by atoms with Gasteiger partial charge >= 0.3 is 0 Å². The van der Waals surface area contributed by atoms with E-state index >= 15 is 0 Å². The average Bonchev–Trinajstić information content (AvgIpc) is 2.40. The largest absolute Gasteiger partial charge is 0.378 e. The van der Waals surface area contributed by atoms with Crippen LogP contribution in [0.3, 0.4) is 0 Å². The van der Waals surface area contributed by atoms with Crippen LogP contribution in [-0.2, 0) is 14.8 Å². The molecule has 0 amide bonds. The highest BCUT2D eigenvalue weighted by atomic mass is 32.2. The number of hydrogen-bond donors (Lipinski definition) is 1. The maximum absolute atomic E-state index is 12.0. The van der Waals surface area contributed by atoms with Crippen LogP contribution >= 0.6 is 0 Å². The molecule has 0 radical (unpaired) electrons. The van der Waals surface area contributed by atoms with E-state index in [1.165, 1.54) is 7.05 Å². The maximum Gasteiger partial charge on any atom is 0.219 e. The second kappa shape index (κ2) is 5.37. The van der Waals surface area contributed by atoms with Gasteiger partial charge in [0.25, 0.3) is 0 Å². The summed E-state index contributed by atoms with van der Waals surface area (Å²) in [5, 5.41) is -0.389. The molecule has 0 spiro atoms. The molecule has 1 fully saturated rings. The summed E-state index contributed by atoms with van der Waals surface area (Å²) in [6, 6.07) is 0. The van der Waals surface area contributed by atoms with Gasteiger partial charge in [-0.1, -0.05) is 6.08 Å². The van der Waals surface area contributed by atoms with Crippen molar-refractivity contribution in [3.05, 3.63) is 11.8 Å². The fourth-order valence-electron chi connectivity index (χ4n) is 2.44. The topological polar surface area (TPSA) is 58.6 Å². The predicted molar refractivity (Wildman–Crippen MR) is 66.1 cm³/mol. The minimum atomic E-state index is -3.22. The third kappa shape index (κ3) is 2.81. The van der Waals surface area contributed by atoms with Crippen LogP contribution in [0.15, 0.2) is 11.8 Å². The Bertz CT molecular complexity index is 386. The van der Waals surface area contributed by atoms with Gasteiger partial charge in [-0.05, 0) is 26.3 Å². The molecule has 1 unspecified atom stereocenters. The zero-order valence-electron chi connectivity index (χ0n) is 10.2. The highest BCUT2D eigenvalue weighted by molar-refractivity contribution is 7.90. The summed E-state index contributed by atoms with van der Waals surface area (Å²) in [4.78, 5) is 2.15. The van der Waals surface area contributed by atoms with E-state index in [4.69, 9.17) is 4.74 Å². The summed E-state index contributed by atoms with van der Waals surface area (Å²) in [6.07, 6.45) is 4.71. The van der Waals surface area contributed by atoms with Gasteiger partial charge < -0.3 is 9.64 Å². The van der Waals surface area contributed by atoms with Crippen molar-refractivity contribution >= 4 is 10.0 Å². The molecule has 1 atom stereocenters. The Balaban J connectivity index is 2.20. The molecule has 1 saturated heterocycles. The summed E-state index contributed by atoms with van der Waals surface area (Å²) >= 11 is 0. The number of sulfonamides is 1. The third-order valence-corrected chi connectivity index (χ3v) is 5.18. The molecule has 2 aliphatic rings. The van der Waals surface area contributed by atoms with Crippen molar-refractivity contribution in [3.8, 4) is 0 Å². The average molecular weight is 260 g/mol. The molecule has 0 aromatic heterocycles. The van der Waals surface area contributed by atoms with Crippen LogP contribution in [-0.4, -0.2) is 51.9 Å². The van der Waals surface area contributed by atoms with Crippen molar-refractivity contribution in [3.63, 3.8) is 0 Å². The summed E-state index contributed by atoms with van der Waals surface area (Å²) in [5.74, 6) is 0.